The minimum Gasteiger partial charge on any atom is -0.462 e. The Hall–Kier alpha value is -0.0900. The van der Waals surface area contributed by atoms with Crippen molar-refractivity contribution in [2.75, 3.05) is 0 Å². The number of aliphatic hydroxyl groups is 1. The maximum atomic E-state index is 10.8. The number of hydrogen-bond acceptors (Lipinski definition) is 3. The van der Waals surface area contributed by atoms with Crippen molar-refractivity contribution < 1.29 is 14.6 Å². The van der Waals surface area contributed by atoms with E-state index >= 15 is 0 Å². The summed E-state index contributed by atoms with van der Waals surface area (Å²) >= 11 is 3.36. The number of esters is 1. The summed E-state index contributed by atoms with van der Waals surface area (Å²) in [6.07, 6.45) is 0.657. The van der Waals surface area contributed by atoms with Crippen molar-refractivity contribution in [2.24, 2.45) is 5.92 Å². The first kappa shape index (κ1) is 7.55. The van der Waals surface area contributed by atoms with Crippen LogP contribution < -0.4 is 0 Å². The van der Waals surface area contributed by atoms with Crippen molar-refractivity contribution >= 4 is 21.9 Å². The summed E-state index contributed by atoms with van der Waals surface area (Å²) in [4.78, 5) is 10.8. The highest BCUT2D eigenvalue weighted by Gasteiger charge is 2.48. The molecule has 0 spiro atoms. The number of hydrogen-bond donors (Lipinski definition) is 1. The molecule has 0 unspecified atom stereocenters. The first-order chi connectivity index (χ1) is 5.18. The van der Waals surface area contributed by atoms with Gasteiger partial charge in [-0.25, -0.2) is 0 Å². The smallest absolute Gasteiger partial charge is 0.306 e. The Morgan fingerprint density at radius 3 is 3.00 bits per heavy atom. The van der Waals surface area contributed by atoms with E-state index in [4.69, 9.17) is 4.74 Å². The van der Waals surface area contributed by atoms with E-state index in [9.17, 15) is 9.90 Å². The third kappa shape index (κ3) is 1.08. The van der Waals surface area contributed by atoms with Crippen LogP contribution in [-0.2, 0) is 9.53 Å². The van der Waals surface area contributed by atoms with Gasteiger partial charge in [0.25, 0.3) is 0 Å². The fraction of sp³-hybridized carbons (Fsp3) is 0.857. The summed E-state index contributed by atoms with van der Waals surface area (Å²) in [5, 5.41) is 9.35. The van der Waals surface area contributed by atoms with Gasteiger partial charge in [-0.15, -0.1) is 0 Å². The lowest BCUT2D eigenvalue weighted by Gasteiger charge is -2.09. The predicted molar refractivity (Wildman–Crippen MR) is 41.3 cm³/mol. The van der Waals surface area contributed by atoms with Crippen LogP contribution in [0.1, 0.15) is 12.8 Å². The van der Waals surface area contributed by atoms with Crippen molar-refractivity contribution in [3.63, 3.8) is 0 Å². The first-order valence-corrected chi connectivity index (χ1v) is 4.61. The van der Waals surface area contributed by atoms with Crippen molar-refractivity contribution in [2.45, 2.75) is 29.9 Å². The predicted octanol–water partition coefficient (Wildman–Crippen LogP) is 0.446. The largest absolute Gasteiger partial charge is 0.462 e. The Bertz CT molecular complexity index is 194. The number of ether oxygens (including phenoxy) is 1. The van der Waals surface area contributed by atoms with Gasteiger partial charge in [-0.1, -0.05) is 15.9 Å². The lowest BCUT2D eigenvalue weighted by molar-refractivity contribution is -0.141. The molecule has 2 rings (SSSR count). The maximum Gasteiger partial charge on any atom is 0.306 e. The Kier molecular flexibility index (Phi) is 1.68. The third-order valence-electron chi connectivity index (χ3n) is 2.41. The van der Waals surface area contributed by atoms with E-state index in [1.54, 1.807) is 0 Å². The van der Waals surface area contributed by atoms with E-state index < -0.39 is 0 Å². The molecule has 1 aliphatic carbocycles. The van der Waals surface area contributed by atoms with Crippen LogP contribution in [0.3, 0.4) is 0 Å². The van der Waals surface area contributed by atoms with E-state index in [0.717, 1.165) is 0 Å². The minimum absolute atomic E-state index is 0.0399. The van der Waals surface area contributed by atoms with E-state index in [1.165, 1.54) is 0 Å². The summed E-state index contributed by atoms with van der Waals surface area (Å²) in [5.74, 6) is 0.0638. The highest BCUT2D eigenvalue weighted by molar-refractivity contribution is 9.09. The average molecular weight is 221 g/mol. The number of fused-ring (bicyclic) bond motifs is 1. The van der Waals surface area contributed by atoms with E-state index in [2.05, 4.69) is 15.9 Å². The molecule has 0 amide bonds. The molecule has 0 aromatic carbocycles. The van der Waals surface area contributed by atoms with Crippen LogP contribution in [-0.4, -0.2) is 28.1 Å². The van der Waals surface area contributed by atoms with Gasteiger partial charge in [0.05, 0.1) is 12.5 Å². The zero-order chi connectivity index (χ0) is 8.01. The number of carbonyl (C=O) groups is 1. The van der Waals surface area contributed by atoms with Gasteiger partial charge in [0.15, 0.2) is 0 Å². The van der Waals surface area contributed by atoms with E-state index in [0.29, 0.717) is 12.8 Å². The summed E-state index contributed by atoms with van der Waals surface area (Å²) in [5.41, 5.74) is 0. The molecule has 3 nitrogen and oxygen atoms in total. The maximum absolute atomic E-state index is 10.8. The van der Waals surface area contributed by atoms with Gasteiger partial charge in [-0.05, 0) is 0 Å². The second-order valence-electron chi connectivity index (χ2n) is 3.14. The molecule has 11 heavy (non-hydrogen) atoms. The van der Waals surface area contributed by atoms with Crippen LogP contribution in [0.25, 0.3) is 0 Å². The van der Waals surface area contributed by atoms with Gasteiger partial charge < -0.3 is 9.84 Å². The number of carbonyl (C=O) groups excluding carboxylic acids is 1. The standard InChI is InChI=1S/C7H9BrO3/c8-7-3-1-6(10)11-5(3)2-4(7)9/h3-5,7,9H,1-2H2/t3-,4-,5-,7-/m1/s1. The van der Waals surface area contributed by atoms with Gasteiger partial charge >= 0.3 is 5.97 Å². The molecular weight excluding hydrogens is 212 g/mol. The molecule has 4 atom stereocenters. The Labute approximate surface area is 72.9 Å². The average Bonchev–Trinajstić information content (AvgIpc) is 2.37. The highest BCUT2D eigenvalue weighted by atomic mass is 79.9. The molecule has 0 radical (unpaired) electrons. The third-order valence-corrected chi connectivity index (χ3v) is 3.70. The van der Waals surface area contributed by atoms with Crippen molar-refractivity contribution in [3.05, 3.63) is 0 Å². The van der Waals surface area contributed by atoms with E-state index in [1.807, 2.05) is 0 Å². The van der Waals surface area contributed by atoms with Crippen LogP contribution in [0, 0.1) is 5.92 Å². The number of aliphatic hydroxyl groups excluding tert-OH is 1. The molecule has 1 N–H and O–H groups in total. The van der Waals surface area contributed by atoms with Gasteiger partial charge in [0, 0.05) is 17.2 Å². The van der Waals surface area contributed by atoms with Crippen molar-refractivity contribution in [1.82, 2.24) is 0 Å². The van der Waals surface area contributed by atoms with Crippen LogP contribution in [0.15, 0.2) is 0 Å². The minimum atomic E-state index is -0.349. The first-order valence-electron chi connectivity index (χ1n) is 3.70. The molecule has 1 heterocycles. The zero-order valence-electron chi connectivity index (χ0n) is 5.87. The molecule has 1 saturated heterocycles. The number of halogens is 1. The second kappa shape index (κ2) is 2.45. The SMILES string of the molecule is O=C1C[C@H]2[C@@H](Br)[C@H](O)C[C@H]2O1. The topological polar surface area (TPSA) is 46.5 Å². The molecule has 1 aliphatic heterocycles. The van der Waals surface area contributed by atoms with Crippen molar-refractivity contribution in [3.8, 4) is 0 Å². The molecule has 0 bridgehead atoms. The zero-order valence-corrected chi connectivity index (χ0v) is 7.45. The van der Waals surface area contributed by atoms with Crippen LogP contribution in [0.4, 0.5) is 0 Å². The molecule has 0 aromatic heterocycles. The lowest BCUT2D eigenvalue weighted by Crippen LogP contribution is -2.19. The summed E-state index contributed by atoms with van der Waals surface area (Å²) in [6.45, 7) is 0. The summed E-state index contributed by atoms with van der Waals surface area (Å²) in [7, 11) is 0. The van der Waals surface area contributed by atoms with Gasteiger partial charge in [-0.3, -0.25) is 4.79 Å². The molecule has 2 fully saturated rings. The molecule has 1 saturated carbocycles. The molecule has 4 heteroatoms. The Morgan fingerprint density at radius 1 is 1.64 bits per heavy atom. The molecule has 2 aliphatic rings. The highest BCUT2D eigenvalue weighted by Crippen LogP contribution is 2.40. The molecule has 0 aromatic rings. The quantitative estimate of drug-likeness (QED) is 0.477. The Morgan fingerprint density at radius 2 is 2.36 bits per heavy atom. The van der Waals surface area contributed by atoms with Gasteiger partial charge in [0.1, 0.15) is 6.10 Å². The summed E-state index contributed by atoms with van der Waals surface area (Å²) < 4.78 is 5.00. The number of rotatable bonds is 0. The number of alkyl halides is 1. The fourth-order valence-electron chi connectivity index (χ4n) is 1.82. The van der Waals surface area contributed by atoms with Crippen LogP contribution in [0.5, 0.6) is 0 Å². The Balaban J connectivity index is 2.13. The van der Waals surface area contributed by atoms with E-state index in [-0.39, 0.29) is 28.9 Å². The van der Waals surface area contributed by atoms with Gasteiger partial charge in [0.2, 0.25) is 0 Å². The second-order valence-corrected chi connectivity index (χ2v) is 4.20. The molecule has 62 valence electrons. The lowest BCUT2D eigenvalue weighted by atomic mass is 10.1. The van der Waals surface area contributed by atoms with Crippen LogP contribution >= 0.6 is 15.9 Å². The normalized spacial score (nSPS) is 49.1. The summed E-state index contributed by atoms with van der Waals surface area (Å²) in [6, 6.07) is 0. The molecular formula is C7H9BrO3. The van der Waals surface area contributed by atoms with Gasteiger partial charge in [-0.2, -0.15) is 0 Å². The van der Waals surface area contributed by atoms with Crippen molar-refractivity contribution in [1.29, 1.82) is 0 Å². The van der Waals surface area contributed by atoms with Crippen LogP contribution in [0.2, 0.25) is 0 Å². The fourth-order valence-corrected chi connectivity index (χ4v) is 2.57. The monoisotopic (exact) mass is 220 g/mol.